The van der Waals surface area contributed by atoms with Gasteiger partial charge in [-0.2, -0.15) is 0 Å². The van der Waals surface area contributed by atoms with Crippen molar-refractivity contribution in [1.29, 1.82) is 0 Å². The molecule has 0 saturated carbocycles. The minimum absolute atomic E-state index is 0.337. The van der Waals surface area contributed by atoms with Crippen LogP contribution < -0.4 is 0 Å². The summed E-state index contributed by atoms with van der Waals surface area (Å²) in [5.74, 6) is 0.337. The molecule has 0 saturated heterocycles. The van der Waals surface area contributed by atoms with E-state index in [4.69, 9.17) is 0 Å². The first-order valence-corrected chi connectivity index (χ1v) is 9.58. The highest BCUT2D eigenvalue weighted by Gasteiger charge is 1.94. The average molecular weight is 307 g/mol. The molecule has 1 nitrogen and oxygen atoms in total. The molecule has 0 spiro atoms. The van der Waals surface area contributed by atoms with Gasteiger partial charge in [-0.25, -0.2) is 0 Å². The average Bonchev–Trinajstić information content (AvgIpc) is 2.50. The predicted octanol–water partition coefficient (Wildman–Crippen LogP) is 7.17. The molecule has 0 aliphatic carbocycles. The van der Waals surface area contributed by atoms with Crippen LogP contribution >= 0.6 is 0 Å². The van der Waals surface area contributed by atoms with Crippen LogP contribution in [0.2, 0.25) is 0 Å². The molecule has 0 aromatic heterocycles. The third-order valence-corrected chi connectivity index (χ3v) is 4.01. The summed E-state index contributed by atoms with van der Waals surface area (Å²) in [5.41, 5.74) is 0. The van der Waals surface area contributed by atoms with Crippen molar-refractivity contribution in [3.05, 3.63) is 24.3 Å². The first kappa shape index (κ1) is 21.1. The number of Topliss-reactive ketones (excluding diaryl/α,β-unsaturated/α-hetero) is 1. The lowest BCUT2D eigenvalue weighted by molar-refractivity contribution is -0.117. The van der Waals surface area contributed by atoms with E-state index in [9.17, 15) is 4.79 Å². The van der Waals surface area contributed by atoms with Gasteiger partial charge in [0.05, 0.1) is 0 Å². The minimum Gasteiger partial charge on any atom is -0.300 e. The fourth-order valence-electron chi connectivity index (χ4n) is 2.56. The summed E-state index contributed by atoms with van der Waals surface area (Å²) in [7, 11) is 0. The van der Waals surface area contributed by atoms with E-state index in [-0.39, 0.29) is 0 Å². The Balaban J connectivity index is 3.15. The summed E-state index contributed by atoms with van der Waals surface area (Å²) in [4.78, 5) is 10.8. The Morgan fingerprint density at radius 1 is 0.682 bits per heavy atom. The van der Waals surface area contributed by atoms with Gasteiger partial charge in [0.25, 0.3) is 0 Å². The highest BCUT2D eigenvalue weighted by atomic mass is 16.1. The standard InChI is InChI=1S/C21H38O/c1-3-4-5-6-7-8-9-10-11-12-13-14-15-16-17-18-19-20-21(2)22/h7-10H,3-6,11-20H2,1-2H3. The van der Waals surface area contributed by atoms with Crippen LogP contribution in [0.5, 0.6) is 0 Å². The molecule has 0 aliphatic rings. The lowest BCUT2D eigenvalue weighted by Gasteiger charge is -2.01. The zero-order valence-electron chi connectivity index (χ0n) is 15.1. The zero-order chi connectivity index (χ0) is 16.3. The molecule has 0 amide bonds. The third-order valence-electron chi connectivity index (χ3n) is 4.01. The molecular weight excluding hydrogens is 268 g/mol. The number of hydrogen-bond acceptors (Lipinski definition) is 1. The van der Waals surface area contributed by atoms with Crippen molar-refractivity contribution in [2.24, 2.45) is 0 Å². The Morgan fingerprint density at radius 3 is 1.64 bits per heavy atom. The number of unbranched alkanes of at least 4 members (excludes halogenated alkanes) is 11. The normalized spacial score (nSPS) is 11.7. The maximum Gasteiger partial charge on any atom is 0.129 e. The first-order chi connectivity index (χ1) is 10.8. The van der Waals surface area contributed by atoms with Crippen molar-refractivity contribution in [1.82, 2.24) is 0 Å². The van der Waals surface area contributed by atoms with E-state index in [0.717, 1.165) is 12.8 Å². The van der Waals surface area contributed by atoms with Crippen molar-refractivity contribution in [2.45, 2.75) is 104 Å². The molecule has 22 heavy (non-hydrogen) atoms. The van der Waals surface area contributed by atoms with E-state index in [1.54, 1.807) is 6.92 Å². The second kappa shape index (κ2) is 18.2. The Labute approximate surface area is 139 Å². The van der Waals surface area contributed by atoms with Crippen LogP contribution in [-0.2, 0) is 4.79 Å². The van der Waals surface area contributed by atoms with E-state index in [0.29, 0.717) is 5.78 Å². The SMILES string of the molecule is CCCCCC=CC=CCCCCCCCCCCC(C)=O. The smallest absolute Gasteiger partial charge is 0.129 e. The summed E-state index contributed by atoms with van der Waals surface area (Å²) in [6, 6.07) is 0. The van der Waals surface area contributed by atoms with Gasteiger partial charge in [-0.1, -0.05) is 82.6 Å². The van der Waals surface area contributed by atoms with E-state index in [1.807, 2.05) is 0 Å². The maximum atomic E-state index is 10.8. The van der Waals surface area contributed by atoms with Crippen LogP contribution in [0.15, 0.2) is 24.3 Å². The van der Waals surface area contributed by atoms with Gasteiger partial charge in [0.1, 0.15) is 5.78 Å². The summed E-state index contributed by atoms with van der Waals surface area (Å²) in [6.07, 6.45) is 26.6. The van der Waals surface area contributed by atoms with Gasteiger partial charge >= 0.3 is 0 Å². The lowest BCUT2D eigenvalue weighted by Crippen LogP contribution is -1.89. The van der Waals surface area contributed by atoms with E-state index in [2.05, 4.69) is 31.2 Å². The molecule has 0 atom stereocenters. The molecule has 0 aromatic carbocycles. The largest absolute Gasteiger partial charge is 0.300 e. The molecule has 0 N–H and O–H groups in total. The van der Waals surface area contributed by atoms with Crippen LogP contribution in [0.4, 0.5) is 0 Å². The fourth-order valence-corrected chi connectivity index (χ4v) is 2.56. The molecule has 0 bridgehead atoms. The highest BCUT2D eigenvalue weighted by molar-refractivity contribution is 5.75. The zero-order valence-corrected chi connectivity index (χ0v) is 15.1. The molecule has 0 rings (SSSR count). The minimum atomic E-state index is 0.337. The number of rotatable bonds is 16. The summed E-state index contributed by atoms with van der Waals surface area (Å²) >= 11 is 0. The van der Waals surface area contributed by atoms with Gasteiger partial charge in [-0.15, -0.1) is 0 Å². The number of ketones is 1. The highest BCUT2D eigenvalue weighted by Crippen LogP contribution is 2.11. The first-order valence-electron chi connectivity index (χ1n) is 9.58. The van der Waals surface area contributed by atoms with Crippen LogP contribution in [0.1, 0.15) is 104 Å². The number of allylic oxidation sites excluding steroid dienone is 4. The van der Waals surface area contributed by atoms with E-state index >= 15 is 0 Å². The Morgan fingerprint density at radius 2 is 1.14 bits per heavy atom. The summed E-state index contributed by atoms with van der Waals surface area (Å²) in [5, 5.41) is 0. The fraction of sp³-hybridized carbons (Fsp3) is 0.762. The van der Waals surface area contributed by atoms with E-state index < -0.39 is 0 Å². The second-order valence-electron chi connectivity index (χ2n) is 6.42. The molecular formula is C21H38O. The van der Waals surface area contributed by atoms with Gasteiger partial charge in [-0.3, -0.25) is 0 Å². The number of carbonyl (C=O) groups is 1. The van der Waals surface area contributed by atoms with Crippen molar-refractivity contribution in [3.8, 4) is 0 Å². The van der Waals surface area contributed by atoms with Crippen LogP contribution in [0.25, 0.3) is 0 Å². The van der Waals surface area contributed by atoms with Gasteiger partial charge < -0.3 is 4.79 Å². The molecule has 0 radical (unpaired) electrons. The second-order valence-corrected chi connectivity index (χ2v) is 6.42. The van der Waals surface area contributed by atoms with E-state index in [1.165, 1.54) is 77.0 Å². The summed E-state index contributed by atoms with van der Waals surface area (Å²) in [6.45, 7) is 3.94. The quantitative estimate of drug-likeness (QED) is 0.218. The third kappa shape index (κ3) is 19.1. The maximum absolute atomic E-state index is 10.8. The van der Waals surface area contributed by atoms with Crippen LogP contribution in [0.3, 0.4) is 0 Å². The Bertz CT molecular complexity index is 288. The van der Waals surface area contributed by atoms with Crippen molar-refractivity contribution >= 4 is 5.78 Å². The van der Waals surface area contributed by atoms with Gasteiger partial charge in [0.15, 0.2) is 0 Å². The van der Waals surface area contributed by atoms with Crippen LogP contribution in [-0.4, -0.2) is 5.78 Å². The molecule has 0 heterocycles. The molecule has 0 aliphatic heterocycles. The topological polar surface area (TPSA) is 17.1 Å². The summed E-state index contributed by atoms with van der Waals surface area (Å²) < 4.78 is 0. The molecule has 0 aromatic rings. The van der Waals surface area contributed by atoms with Crippen LogP contribution in [0, 0.1) is 0 Å². The predicted molar refractivity (Wildman–Crippen MR) is 99.3 cm³/mol. The number of hydrogen-bond donors (Lipinski definition) is 0. The lowest BCUT2D eigenvalue weighted by atomic mass is 10.1. The number of carbonyl (C=O) groups excluding carboxylic acids is 1. The van der Waals surface area contributed by atoms with Gasteiger partial charge in [-0.05, 0) is 39.0 Å². The van der Waals surface area contributed by atoms with Crippen molar-refractivity contribution in [2.75, 3.05) is 0 Å². The van der Waals surface area contributed by atoms with Gasteiger partial charge in [0, 0.05) is 6.42 Å². The molecule has 1 heteroatoms. The molecule has 0 unspecified atom stereocenters. The Hall–Kier alpha value is -0.850. The Kier molecular flexibility index (Phi) is 17.5. The monoisotopic (exact) mass is 306 g/mol. The molecule has 128 valence electrons. The van der Waals surface area contributed by atoms with Crippen molar-refractivity contribution < 1.29 is 4.79 Å². The van der Waals surface area contributed by atoms with Gasteiger partial charge in [0.2, 0.25) is 0 Å². The van der Waals surface area contributed by atoms with Crippen molar-refractivity contribution in [3.63, 3.8) is 0 Å². The molecule has 0 fully saturated rings.